The first-order chi connectivity index (χ1) is 17.8. The van der Waals surface area contributed by atoms with Crippen LogP contribution in [0.2, 0.25) is 0 Å². The predicted octanol–water partition coefficient (Wildman–Crippen LogP) is 5.86. The van der Waals surface area contributed by atoms with Crippen molar-refractivity contribution in [3.8, 4) is 0 Å². The van der Waals surface area contributed by atoms with Crippen molar-refractivity contribution in [1.29, 1.82) is 0 Å². The summed E-state index contributed by atoms with van der Waals surface area (Å²) in [5.74, 6) is 1.44. The van der Waals surface area contributed by atoms with Crippen LogP contribution in [0.15, 0.2) is 71.1 Å². The van der Waals surface area contributed by atoms with Crippen molar-refractivity contribution in [3.63, 3.8) is 0 Å². The van der Waals surface area contributed by atoms with E-state index in [-0.39, 0.29) is 18.6 Å². The van der Waals surface area contributed by atoms with Crippen LogP contribution in [0.1, 0.15) is 41.1 Å². The number of furan rings is 1. The van der Waals surface area contributed by atoms with E-state index < -0.39 is 11.7 Å². The van der Waals surface area contributed by atoms with E-state index in [0.717, 1.165) is 41.9 Å². The lowest BCUT2D eigenvalue weighted by molar-refractivity contribution is -0.137. The second-order valence-electron chi connectivity index (χ2n) is 9.56. The minimum Gasteiger partial charge on any atom is -0.464 e. The Labute approximate surface area is 215 Å². The van der Waals surface area contributed by atoms with Gasteiger partial charge in [-0.15, -0.1) is 0 Å². The molecule has 1 amide bonds. The van der Waals surface area contributed by atoms with E-state index in [1.165, 1.54) is 12.1 Å². The quantitative estimate of drug-likeness (QED) is 0.322. The average Bonchev–Trinajstić information content (AvgIpc) is 3.53. The lowest BCUT2D eigenvalue weighted by Crippen LogP contribution is -2.43. The minimum atomic E-state index is -4.38. The number of rotatable bonds is 11. The van der Waals surface area contributed by atoms with Gasteiger partial charge in [-0.3, -0.25) is 9.69 Å². The van der Waals surface area contributed by atoms with Crippen molar-refractivity contribution in [2.24, 2.45) is 0 Å². The normalized spacial score (nSPS) is 15.9. The van der Waals surface area contributed by atoms with E-state index >= 15 is 0 Å². The number of nitrogens with zero attached hydrogens (tertiary/aromatic N) is 2. The number of carbonyl (C=O) groups is 1. The lowest BCUT2D eigenvalue weighted by atomic mass is 10.1. The van der Waals surface area contributed by atoms with Crippen molar-refractivity contribution in [2.75, 3.05) is 26.2 Å². The molecular formula is C29H33F3N2O3. The number of amides is 1. The van der Waals surface area contributed by atoms with Gasteiger partial charge < -0.3 is 14.1 Å². The monoisotopic (exact) mass is 514 g/mol. The summed E-state index contributed by atoms with van der Waals surface area (Å²) in [5, 5.41) is 0. The molecule has 1 fully saturated rings. The Kier molecular flexibility index (Phi) is 9.05. The summed E-state index contributed by atoms with van der Waals surface area (Å²) < 4.78 is 50.6. The minimum absolute atomic E-state index is 0.00717. The third kappa shape index (κ3) is 8.20. The summed E-state index contributed by atoms with van der Waals surface area (Å²) in [7, 11) is 0. The summed E-state index contributed by atoms with van der Waals surface area (Å²) in [5.41, 5.74) is 1.17. The Morgan fingerprint density at radius 2 is 1.73 bits per heavy atom. The smallest absolute Gasteiger partial charge is 0.416 e. The zero-order valence-electron chi connectivity index (χ0n) is 21.0. The lowest BCUT2D eigenvalue weighted by Gasteiger charge is -2.29. The second-order valence-corrected chi connectivity index (χ2v) is 9.56. The highest BCUT2D eigenvalue weighted by Crippen LogP contribution is 2.29. The molecule has 0 spiro atoms. The van der Waals surface area contributed by atoms with Crippen LogP contribution in [0, 0.1) is 6.92 Å². The number of halogens is 3. The zero-order chi connectivity index (χ0) is 26.3. The molecule has 0 N–H and O–H groups in total. The van der Waals surface area contributed by atoms with E-state index in [0.29, 0.717) is 45.0 Å². The summed E-state index contributed by atoms with van der Waals surface area (Å²) in [6.45, 7) is 4.47. The fraction of sp³-hybridized carbons (Fsp3) is 0.414. The average molecular weight is 515 g/mol. The Balaban J connectivity index is 1.47. The Morgan fingerprint density at radius 1 is 0.973 bits per heavy atom. The van der Waals surface area contributed by atoms with Crippen LogP contribution in [0.4, 0.5) is 13.2 Å². The molecule has 1 aliphatic rings. The van der Waals surface area contributed by atoms with Gasteiger partial charge in [0.05, 0.1) is 24.8 Å². The van der Waals surface area contributed by atoms with Crippen molar-refractivity contribution in [3.05, 3.63) is 94.9 Å². The maximum absolute atomic E-state index is 13.6. The molecule has 1 aromatic heterocycles. The fourth-order valence-corrected chi connectivity index (χ4v) is 4.57. The molecule has 0 unspecified atom stereocenters. The largest absolute Gasteiger partial charge is 0.464 e. The van der Waals surface area contributed by atoms with Crippen LogP contribution in [-0.4, -0.2) is 48.1 Å². The number of alkyl halides is 3. The number of benzene rings is 2. The third-order valence-corrected chi connectivity index (χ3v) is 6.54. The van der Waals surface area contributed by atoms with E-state index in [4.69, 9.17) is 9.15 Å². The first kappa shape index (κ1) is 26.9. The van der Waals surface area contributed by atoms with Crippen LogP contribution in [0.25, 0.3) is 0 Å². The molecule has 4 rings (SSSR count). The van der Waals surface area contributed by atoms with Crippen molar-refractivity contribution in [1.82, 2.24) is 9.80 Å². The Morgan fingerprint density at radius 3 is 2.35 bits per heavy atom. The highest BCUT2D eigenvalue weighted by Gasteiger charge is 2.30. The molecule has 37 heavy (non-hydrogen) atoms. The van der Waals surface area contributed by atoms with Gasteiger partial charge in [0.1, 0.15) is 11.5 Å². The molecule has 198 valence electrons. The molecule has 3 aromatic rings. The van der Waals surface area contributed by atoms with Gasteiger partial charge in [0.2, 0.25) is 5.91 Å². The highest BCUT2D eigenvalue weighted by molar-refractivity contribution is 5.78. The van der Waals surface area contributed by atoms with E-state index in [9.17, 15) is 18.0 Å². The maximum Gasteiger partial charge on any atom is 0.416 e. The van der Waals surface area contributed by atoms with Gasteiger partial charge >= 0.3 is 6.18 Å². The van der Waals surface area contributed by atoms with Crippen LogP contribution < -0.4 is 0 Å². The molecule has 0 radical (unpaired) electrons. The van der Waals surface area contributed by atoms with Crippen LogP contribution in [0.5, 0.6) is 0 Å². The van der Waals surface area contributed by atoms with Crippen LogP contribution >= 0.6 is 0 Å². The molecule has 0 aliphatic carbocycles. The van der Waals surface area contributed by atoms with Gasteiger partial charge in [0.25, 0.3) is 0 Å². The third-order valence-electron chi connectivity index (χ3n) is 6.54. The molecule has 1 atom stereocenters. The van der Waals surface area contributed by atoms with Gasteiger partial charge in [-0.2, -0.15) is 13.2 Å². The first-order valence-corrected chi connectivity index (χ1v) is 12.6. The molecule has 5 nitrogen and oxygen atoms in total. The summed E-state index contributed by atoms with van der Waals surface area (Å²) in [6, 6.07) is 18.9. The van der Waals surface area contributed by atoms with Gasteiger partial charge in [-0.25, -0.2) is 0 Å². The number of aryl methyl sites for hydroxylation is 1. The molecular weight excluding hydrogens is 481 g/mol. The van der Waals surface area contributed by atoms with Crippen molar-refractivity contribution >= 4 is 5.91 Å². The summed E-state index contributed by atoms with van der Waals surface area (Å²) in [4.78, 5) is 17.4. The Bertz CT molecular complexity index is 1120. The van der Waals surface area contributed by atoms with Gasteiger partial charge in [-0.1, -0.05) is 42.5 Å². The van der Waals surface area contributed by atoms with Gasteiger partial charge in [0, 0.05) is 26.2 Å². The molecule has 1 aliphatic heterocycles. The van der Waals surface area contributed by atoms with E-state index in [1.807, 2.05) is 54.3 Å². The van der Waals surface area contributed by atoms with Crippen molar-refractivity contribution < 1.29 is 27.1 Å². The summed E-state index contributed by atoms with van der Waals surface area (Å²) >= 11 is 0. The molecule has 0 bridgehead atoms. The van der Waals surface area contributed by atoms with Gasteiger partial charge in [-0.05, 0) is 61.6 Å². The SMILES string of the molecule is Cc1ccc(CN(CCc2ccccc2)C(=O)CN(Cc2ccc(C(F)(F)F)cc2)C[C@@H]2CCCO2)o1. The second kappa shape index (κ2) is 12.4. The Hall–Kier alpha value is -3.10. The number of ether oxygens (including phenoxy) is 1. The molecule has 2 heterocycles. The van der Waals surface area contributed by atoms with Crippen LogP contribution in [-0.2, 0) is 35.2 Å². The maximum atomic E-state index is 13.6. The number of hydrogen-bond donors (Lipinski definition) is 0. The predicted molar refractivity (Wildman–Crippen MR) is 135 cm³/mol. The topological polar surface area (TPSA) is 45.9 Å². The molecule has 0 saturated carbocycles. The highest BCUT2D eigenvalue weighted by atomic mass is 19.4. The standard InChI is InChI=1S/C29H33F3N2O3/c1-22-9-14-27(37-22)20-34(16-15-23-6-3-2-4-7-23)28(35)21-33(19-26-8-5-17-36-26)18-24-10-12-25(13-11-24)29(30,31)32/h2-4,6-7,9-14,26H,5,8,15-21H2,1H3/t26-/m0/s1. The van der Waals surface area contributed by atoms with E-state index in [1.54, 1.807) is 4.90 Å². The van der Waals surface area contributed by atoms with Crippen LogP contribution in [0.3, 0.4) is 0 Å². The number of hydrogen-bond acceptors (Lipinski definition) is 4. The van der Waals surface area contributed by atoms with E-state index in [2.05, 4.69) is 0 Å². The first-order valence-electron chi connectivity index (χ1n) is 12.6. The summed E-state index contributed by atoms with van der Waals surface area (Å²) in [6.07, 6.45) is -1.80. The van der Waals surface area contributed by atoms with Crippen molar-refractivity contribution in [2.45, 2.75) is 51.6 Å². The number of carbonyl (C=O) groups excluding carboxylic acids is 1. The molecule has 8 heteroatoms. The zero-order valence-corrected chi connectivity index (χ0v) is 21.0. The van der Waals surface area contributed by atoms with Gasteiger partial charge in [0.15, 0.2) is 0 Å². The fourth-order valence-electron chi connectivity index (χ4n) is 4.57. The molecule has 1 saturated heterocycles. The molecule has 2 aromatic carbocycles.